The normalized spacial score (nSPS) is 16.1. The predicted molar refractivity (Wildman–Crippen MR) is 76.7 cm³/mol. The van der Waals surface area contributed by atoms with E-state index in [9.17, 15) is 0 Å². The lowest BCUT2D eigenvalue weighted by atomic mass is 10.1. The second-order valence-electron chi connectivity index (χ2n) is 5.08. The predicted octanol–water partition coefficient (Wildman–Crippen LogP) is 1.62. The molecule has 1 heterocycles. The Bertz CT molecular complexity index is 428. The Balaban J connectivity index is 2.13. The SMILES string of the molecule is COCCN(c1ccc(C(=N)N)cn1)C(C)C1CC1. The lowest BCUT2D eigenvalue weighted by Gasteiger charge is -2.30. The molecule has 1 aromatic rings. The molecule has 1 fully saturated rings. The summed E-state index contributed by atoms with van der Waals surface area (Å²) in [4.78, 5) is 6.72. The fourth-order valence-electron chi connectivity index (χ4n) is 2.26. The van der Waals surface area contributed by atoms with E-state index in [1.165, 1.54) is 12.8 Å². The summed E-state index contributed by atoms with van der Waals surface area (Å²) in [6.07, 6.45) is 4.27. The fraction of sp³-hybridized carbons (Fsp3) is 0.571. The summed E-state index contributed by atoms with van der Waals surface area (Å²) in [5.74, 6) is 1.75. The summed E-state index contributed by atoms with van der Waals surface area (Å²) in [5, 5.41) is 7.39. The Morgan fingerprint density at radius 3 is 2.79 bits per heavy atom. The molecule has 0 aliphatic heterocycles. The van der Waals surface area contributed by atoms with Crippen LogP contribution in [0.3, 0.4) is 0 Å². The van der Waals surface area contributed by atoms with Crippen molar-refractivity contribution in [1.82, 2.24) is 4.98 Å². The van der Waals surface area contributed by atoms with Gasteiger partial charge in [-0.1, -0.05) is 0 Å². The zero-order valence-electron chi connectivity index (χ0n) is 11.6. The van der Waals surface area contributed by atoms with E-state index in [-0.39, 0.29) is 5.84 Å². The van der Waals surface area contributed by atoms with E-state index in [0.29, 0.717) is 18.2 Å². The van der Waals surface area contributed by atoms with Crippen LogP contribution < -0.4 is 10.6 Å². The Labute approximate surface area is 114 Å². The Kier molecular flexibility index (Phi) is 4.37. The molecule has 0 spiro atoms. The molecular formula is C14H22N4O. The number of rotatable bonds is 7. The van der Waals surface area contributed by atoms with E-state index in [1.54, 1.807) is 13.3 Å². The number of hydrogen-bond acceptors (Lipinski definition) is 4. The molecule has 19 heavy (non-hydrogen) atoms. The van der Waals surface area contributed by atoms with Crippen LogP contribution in [0.1, 0.15) is 25.3 Å². The van der Waals surface area contributed by atoms with E-state index in [4.69, 9.17) is 15.9 Å². The first-order valence-corrected chi connectivity index (χ1v) is 6.69. The molecule has 1 saturated carbocycles. The maximum Gasteiger partial charge on any atom is 0.128 e. The summed E-state index contributed by atoms with van der Waals surface area (Å²) in [6, 6.07) is 4.26. The molecule has 0 bridgehead atoms. The summed E-state index contributed by atoms with van der Waals surface area (Å²) < 4.78 is 5.18. The van der Waals surface area contributed by atoms with Gasteiger partial charge in [0.2, 0.25) is 0 Å². The van der Waals surface area contributed by atoms with Gasteiger partial charge in [0.25, 0.3) is 0 Å². The van der Waals surface area contributed by atoms with Crippen LogP contribution in [-0.4, -0.2) is 37.1 Å². The number of hydrogen-bond donors (Lipinski definition) is 2. The third kappa shape index (κ3) is 3.44. The molecule has 1 atom stereocenters. The van der Waals surface area contributed by atoms with Crippen molar-refractivity contribution in [2.45, 2.75) is 25.8 Å². The van der Waals surface area contributed by atoms with Crippen LogP contribution in [0.25, 0.3) is 0 Å². The van der Waals surface area contributed by atoms with Crippen LogP contribution in [-0.2, 0) is 4.74 Å². The second-order valence-corrected chi connectivity index (χ2v) is 5.08. The molecule has 5 nitrogen and oxygen atoms in total. The maximum atomic E-state index is 7.39. The standard InChI is InChI=1S/C14H22N4O/c1-10(11-3-4-11)18(7-8-19-2)13-6-5-12(9-17-13)14(15)16/h5-6,9-11H,3-4,7-8H2,1-2H3,(H3,15,16). The second kappa shape index (κ2) is 6.02. The van der Waals surface area contributed by atoms with Gasteiger partial charge in [0.05, 0.1) is 6.61 Å². The smallest absolute Gasteiger partial charge is 0.128 e. The highest BCUT2D eigenvalue weighted by Crippen LogP contribution is 2.36. The monoisotopic (exact) mass is 262 g/mol. The number of nitrogen functional groups attached to an aromatic ring is 1. The van der Waals surface area contributed by atoms with Gasteiger partial charge in [0.15, 0.2) is 0 Å². The third-order valence-electron chi connectivity index (χ3n) is 3.69. The van der Waals surface area contributed by atoms with Crippen molar-refractivity contribution >= 4 is 11.7 Å². The first kappa shape index (κ1) is 13.8. The third-order valence-corrected chi connectivity index (χ3v) is 3.69. The first-order chi connectivity index (χ1) is 9.13. The summed E-state index contributed by atoms with van der Waals surface area (Å²) in [7, 11) is 1.71. The lowest BCUT2D eigenvalue weighted by molar-refractivity contribution is 0.202. The van der Waals surface area contributed by atoms with Gasteiger partial charge in [0.1, 0.15) is 11.7 Å². The van der Waals surface area contributed by atoms with Gasteiger partial charge in [-0.05, 0) is 37.8 Å². The van der Waals surface area contributed by atoms with Gasteiger partial charge in [-0.3, -0.25) is 5.41 Å². The molecule has 2 rings (SSSR count). The Morgan fingerprint density at radius 1 is 1.58 bits per heavy atom. The number of pyridine rings is 1. The highest BCUT2D eigenvalue weighted by molar-refractivity contribution is 5.94. The quantitative estimate of drug-likeness (QED) is 0.578. The van der Waals surface area contributed by atoms with Gasteiger partial charge in [-0.15, -0.1) is 0 Å². The van der Waals surface area contributed by atoms with Crippen LogP contribution in [0.15, 0.2) is 18.3 Å². The van der Waals surface area contributed by atoms with Gasteiger partial charge >= 0.3 is 0 Å². The number of ether oxygens (including phenoxy) is 1. The van der Waals surface area contributed by atoms with Crippen molar-refractivity contribution in [2.75, 3.05) is 25.2 Å². The molecule has 104 valence electrons. The van der Waals surface area contributed by atoms with Crippen molar-refractivity contribution < 1.29 is 4.74 Å². The highest BCUT2D eigenvalue weighted by atomic mass is 16.5. The van der Waals surface area contributed by atoms with E-state index in [2.05, 4.69) is 16.8 Å². The highest BCUT2D eigenvalue weighted by Gasteiger charge is 2.32. The van der Waals surface area contributed by atoms with Gasteiger partial charge in [0, 0.05) is 31.5 Å². The van der Waals surface area contributed by atoms with Crippen LogP contribution in [0, 0.1) is 11.3 Å². The van der Waals surface area contributed by atoms with Gasteiger partial charge in [-0.25, -0.2) is 4.98 Å². The topological polar surface area (TPSA) is 75.2 Å². The van der Waals surface area contributed by atoms with E-state index in [1.807, 2.05) is 12.1 Å². The largest absolute Gasteiger partial charge is 0.384 e. The molecule has 1 aliphatic carbocycles. The van der Waals surface area contributed by atoms with Gasteiger partial charge < -0.3 is 15.4 Å². The van der Waals surface area contributed by atoms with E-state index < -0.39 is 0 Å². The molecule has 0 amide bonds. The Morgan fingerprint density at radius 2 is 2.32 bits per heavy atom. The number of methoxy groups -OCH3 is 1. The molecule has 0 radical (unpaired) electrons. The minimum absolute atomic E-state index is 0.0535. The lowest BCUT2D eigenvalue weighted by Crippen LogP contribution is -2.37. The van der Waals surface area contributed by atoms with Gasteiger partial charge in [-0.2, -0.15) is 0 Å². The molecule has 1 unspecified atom stereocenters. The molecule has 0 saturated heterocycles. The van der Waals surface area contributed by atoms with Crippen molar-refractivity contribution in [3.8, 4) is 0 Å². The number of aromatic nitrogens is 1. The van der Waals surface area contributed by atoms with Crippen LogP contribution in [0.4, 0.5) is 5.82 Å². The summed E-state index contributed by atoms with van der Waals surface area (Å²) in [6.45, 7) is 3.77. The molecule has 3 N–H and O–H groups in total. The van der Waals surface area contributed by atoms with Crippen LogP contribution >= 0.6 is 0 Å². The summed E-state index contributed by atoms with van der Waals surface area (Å²) in [5.41, 5.74) is 6.11. The number of nitrogens with two attached hydrogens (primary N) is 1. The van der Waals surface area contributed by atoms with Crippen molar-refractivity contribution in [3.63, 3.8) is 0 Å². The van der Waals surface area contributed by atoms with Crippen LogP contribution in [0.2, 0.25) is 0 Å². The van der Waals surface area contributed by atoms with Crippen molar-refractivity contribution in [2.24, 2.45) is 11.7 Å². The fourth-order valence-corrected chi connectivity index (χ4v) is 2.26. The molecule has 0 aromatic carbocycles. The van der Waals surface area contributed by atoms with Crippen molar-refractivity contribution in [3.05, 3.63) is 23.9 Å². The van der Waals surface area contributed by atoms with Crippen molar-refractivity contribution in [1.29, 1.82) is 5.41 Å². The minimum atomic E-state index is 0.0535. The average Bonchev–Trinajstić information content (AvgIpc) is 3.23. The first-order valence-electron chi connectivity index (χ1n) is 6.69. The molecule has 1 aliphatic rings. The number of nitrogens with one attached hydrogen (secondary N) is 1. The minimum Gasteiger partial charge on any atom is -0.384 e. The number of anilines is 1. The average molecular weight is 262 g/mol. The zero-order chi connectivity index (χ0) is 13.8. The maximum absolute atomic E-state index is 7.39. The number of nitrogens with zero attached hydrogens (tertiary/aromatic N) is 2. The molecule has 1 aromatic heterocycles. The van der Waals surface area contributed by atoms with Crippen LogP contribution in [0.5, 0.6) is 0 Å². The molecular weight excluding hydrogens is 240 g/mol. The number of amidine groups is 1. The Hall–Kier alpha value is -1.62. The zero-order valence-corrected chi connectivity index (χ0v) is 11.6. The van der Waals surface area contributed by atoms with E-state index in [0.717, 1.165) is 18.3 Å². The summed E-state index contributed by atoms with van der Waals surface area (Å²) >= 11 is 0. The molecule has 5 heteroatoms. The van der Waals surface area contributed by atoms with E-state index >= 15 is 0 Å².